The summed E-state index contributed by atoms with van der Waals surface area (Å²) in [6.45, 7) is 1.56. The normalized spacial score (nSPS) is 14.2. The van der Waals surface area contributed by atoms with Crippen LogP contribution in [0.25, 0.3) is 0 Å². The highest BCUT2D eigenvalue weighted by molar-refractivity contribution is 8.09. The van der Waals surface area contributed by atoms with E-state index in [9.17, 15) is 21.9 Å². The maximum absolute atomic E-state index is 11.5. The minimum atomic E-state index is -3.93. The van der Waals surface area contributed by atoms with E-state index in [0.29, 0.717) is 9.27 Å². The maximum atomic E-state index is 11.5. The Kier molecular flexibility index (Phi) is 4.04. The number of sulfonamides is 2. The lowest BCUT2D eigenvalue weighted by Crippen LogP contribution is -2.35. The van der Waals surface area contributed by atoms with Crippen molar-refractivity contribution < 1.29 is 21.9 Å². The average molecular weight is 293 g/mol. The molecular formula is C10H15NO5S2. The number of aliphatic hydroxyl groups is 1. The molecule has 1 rings (SSSR count). The van der Waals surface area contributed by atoms with E-state index in [1.165, 1.54) is 24.3 Å². The van der Waals surface area contributed by atoms with Crippen LogP contribution < -0.4 is 3.71 Å². The van der Waals surface area contributed by atoms with Gasteiger partial charge in [0, 0.05) is 0 Å². The molecule has 0 saturated carbocycles. The highest BCUT2D eigenvalue weighted by Gasteiger charge is 2.27. The van der Waals surface area contributed by atoms with E-state index < -0.39 is 26.2 Å². The van der Waals surface area contributed by atoms with Crippen molar-refractivity contribution >= 4 is 25.7 Å². The van der Waals surface area contributed by atoms with Gasteiger partial charge >= 0.3 is 0 Å². The Labute approximate surface area is 107 Å². The highest BCUT2D eigenvalue weighted by atomic mass is 32.3. The molecule has 1 aromatic rings. The van der Waals surface area contributed by atoms with Crippen LogP contribution in [0, 0.1) is 0 Å². The lowest BCUT2D eigenvalue weighted by molar-refractivity contribution is 0.199. The van der Waals surface area contributed by atoms with Crippen molar-refractivity contribution in [1.29, 1.82) is 0 Å². The number of hydrogen-bond donors (Lipinski definition) is 1. The number of benzene rings is 1. The molecule has 0 radical (unpaired) electrons. The van der Waals surface area contributed by atoms with E-state index in [2.05, 4.69) is 0 Å². The van der Waals surface area contributed by atoms with Gasteiger partial charge in [-0.1, -0.05) is 12.1 Å². The van der Waals surface area contributed by atoms with Crippen molar-refractivity contribution in [3.05, 3.63) is 29.8 Å². The van der Waals surface area contributed by atoms with Crippen molar-refractivity contribution in [2.24, 2.45) is 0 Å². The van der Waals surface area contributed by atoms with Crippen molar-refractivity contribution in [1.82, 2.24) is 0 Å². The molecule has 0 saturated heterocycles. The molecule has 0 spiro atoms. The Morgan fingerprint density at radius 1 is 1.00 bits per heavy atom. The number of aliphatic hydroxyl groups excluding tert-OH is 1. The number of nitrogens with zero attached hydrogens (tertiary/aromatic N) is 1. The molecular weight excluding hydrogens is 278 g/mol. The van der Waals surface area contributed by atoms with E-state index in [1.807, 2.05) is 0 Å². The first-order chi connectivity index (χ1) is 8.03. The summed E-state index contributed by atoms with van der Waals surface area (Å²) in [6.07, 6.45) is 0.928. The molecule has 0 aliphatic heterocycles. The van der Waals surface area contributed by atoms with Gasteiger partial charge in [-0.3, -0.25) is 0 Å². The lowest BCUT2D eigenvalue weighted by atomic mass is 10.1. The molecule has 8 heteroatoms. The van der Waals surface area contributed by atoms with Gasteiger partial charge in [-0.2, -0.15) is 3.71 Å². The standard InChI is InChI=1S/C10H15NO5S2/c1-8(12)9-4-6-10(7-5-9)11(17(2,13)14)18(3,15)16/h4-8,12H,1-3H3/t8-/m1/s1. The third kappa shape index (κ3) is 3.44. The molecule has 1 atom stereocenters. The predicted molar refractivity (Wildman–Crippen MR) is 69.2 cm³/mol. The molecule has 1 N–H and O–H groups in total. The third-order valence-electron chi connectivity index (χ3n) is 2.19. The predicted octanol–water partition coefficient (Wildman–Crippen LogP) is 0.466. The Morgan fingerprint density at radius 2 is 1.39 bits per heavy atom. The first-order valence-electron chi connectivity index (χ1n) is 5.02. The summed E-state index contributed by atoms with van der Waals surface area (Å²) in [5.41, 5.74) is 0.588. The molecule has 0 aliphatic carbocycles. The SMILES string of the molecule is C[C@@H](O)c1ccc(N(S(C)(=O)=O)S(C)(=O)=O)cc1. The second-order valence-electron chi connectivity index (χ2n) is 3.99. The van der Waals surface area contributed by atoms with Gasteiger partial charge in [0.2, 0.25) is 20.0 Å². The largest absolute Gasteiger partial charge is 0.389 e. The summed E-state index contributed by atoms with van der Waals surface area (Å²) < 4.78 is 46.3. The number of hydrogen-bond acceptors (Lipinski definition) is 5. The van der Waals surface area contributed by atoms with Crippen molar-refractivity contribution in [2.45, 2.75) is 13.0 Å². The molecule has 0 amide bonds. The number of anilines is 1. The zero-order valence-corrected chi connectivity index (χ0v) is 11.9. The summed E-state index contributed by atoms with van der Waals surface area (Å²) in [7, 11) is -7.85. The van der Waals surface area contributed by atoms with Gasteiger partial charge in [0.1, 0.15) is 0 Å². The van der Waals surface area contributed by atoms with E-state index >= 15 is 0 Å². The molecule has 0 bridgehead atoms. The minimum absolute atomic E-state index is 0.0180. The fraction of sp³-hybridized carbons (Fsp3) is 0.400. The van der Waals surface area contributed by atoms with Crippen LogP contribution in [0.2, 0.25) is 0 Å². The Balaban J connectivity index is 3.33. The van der Waals surface area contributed by atoms with Crippen LogP contribution in [0.15, 0.2) is 24.3 Å². The van der Waals surface area contributed by atoms with Gasteiger partial charge in [0.25, 0.3) is 0 Å². The zero-order chi connectivity index (χ0) is 14.1. The molecule has 6 nitrogen and oxygen atoms in total. The zero-order valence-electron chi connectivity index (χ0n) is 10.2. The van der Waals surface area contributed by atoms with Crippen LogP contribution >= 0.6 is 0 Å². The van der Waals surface area contributed by atoms with Crippen LogP contribution in [-0.2, 0) is 20.0 Å². The fourth-order valence-corrected chi connectivity index (χ4v) is 4.48. The molecule has 102 valence electrons. The smallest absolute Gasteiger partial charge is 0.245 e. The van der Waals surface area contributed by atoms with Crippen LogP contribution in [-0.4, -0.2) is 34.5 Å². The van der Waals surface area contributed by atoms with Crippen molar-refractivity contribution in [2.75, 3.05) is 16.2 Å². The topological polar surface area (TPSA) is 91.8 Å². The van der Waals surface area contributed by atoms with Gasteiger partial charge < -0.3 is 5.11 Å². The third-order valence-corrected chi connectivity index (χ3v) is 5.44. The Morgan fingerprint density at radius 3 is 1.67 bits per heavy atom. The van der Waals surface area contributed by atoms with Gasteiger partial charge in [0.05, 0.1) is 24.3 Å². The summed E-state index contributed by atoms with van der Waals surface area (Å²) in [6, 6.07) is 5.63. The summed E-state index contributed by atoms with van der Waals surface area (Å²) in [5, 5.41) is 9.32. The molecule has 0 aromatic heterocycles. The first kappa shape index (κ1) is 14.9. The molecule has 0 fully saturated rings. The summed E-state index contributed by atoms with van der Waals surface area (Å²) in [5.74, 6) is 0. The van der Waals surface area contributed by atoms with Gasteiger partial charge in [0.15, 0.2) is 0 Å². The van der Waals surface area contributed by atoms with Gasteiger partial charge in [-0.25, -0.2) is 16.8 Å². The number of rotatable bonds is 4. The highest BCUT2D eigenvalue weighted by Crippen LogP contribution is 2.23. The average Bonchev–Trinajstić information content (AvgIpc) is 2.13. The van der Waals surface area contributed by atoms with E-state index in [0.717, 1.165) is 12.5 Å². The summed E-state index contributed by atoms with van der Waals surface area (Å²) >= 11 is 0. The van der Waals surface area contributed by atoms with Gasteiger partial charge in [-0.05, 0) is 24.6 Å². The van der Waals surface area contributed by atoms with E-state index in [4.69, 9.17) is 0 Å². The second kappa shape index (κ2) is 4.87. The maximum Gasteiger partial charge on any atom is 0.245 e. The molecule has 0 heterocycles. The van der Waals surface area contributed by atoms with Crippen LogP contribution in [0.5, 0.6) is 0 Å². The second-order valence-corrected chi connectivity index (χ2v) is 7.88. The van der Waals surface area contributed by atoms with Crippen LogP contribution in [0.4, 0.5) is 5.69 Å². The van der Waals surface area contributed by atoms with Crippen molar-refractivity contribution in [3.63, 3.8) is 0 Å². The van der Waals surface area contributed by atoms with Crippen LogP contribution in [0.1, 0.15) is 18.6 Å². The van der Waals surface area contributed by atoms with E-state index in [1.54, 1.807) is 6.92 Å². The molecule has 0 aliphatic rings. The van der Waals surface area contributed by atoms with Gasteiger partial charge in [-0.15, -0.1) is 0 Å². The van der Waals surface area contributed by atoms with Crippen molar-refractivity contribution in [3.8, 4) is 0 Å². The quantitative estimate of drug-likeness (QED) is 0.871. The molecule has 0 unspecified atom stereocenters. The fourth-order valence-electron chi connectivity index (χ4n) is 1.50. The molecule has 1 aromatic carbocycles. The minimum Gasteiger partial charge on any atom is -0.389 e. The monoisotopic (exact) mass is 293 g/mol. The first-order valence-corrected chi connectivity index (χ1v) is 8.71. The van der Waals surface area contributed by atoms with E-state index in [-0.39, 0.29) is 5.69 Å². The molecule has 18 heavy (non-hydrogen) atoms. The van der Waals surface area contributed by atoms with Crippen LogP contribution in [0.3, 0.4) is 0 Å². The Hall–Kier alpha value is -1.12. The Bertz CT molecular complexity index is 585. The lowest BCUT2D eigenvalue weighted by Gasteiger charge is -2.20. The summed E-state index contributed by atoms with van der Waals surface area (Å²) in [4.78, 5) is 0.